The maximum absolute atomic E-state index is 10.0. The van der Waals surface area contributed by atoms with Gasteiger partial charge in [0.1, 0.15) is 5.58 Å². The minimum absolute atomic E-state index is 0. The first-order valence-corrected chi connectivity index (χ1v) is 13.6. The first-order chi connectivity index (χ1) is 22.3. The van der Waals surface area contributed by atoms with E-state index in [2.05, 4.69) is 31.8 Å². The van der Waals surface area contributed by atoms with Crippen LogP contribution >= 0.6 is 0 Å². The zero-order valence-corrected chi connectivity index (χ0v) is 27.0. The third-order valence-corrected chi connectivity index (χ3v) is 7.04. The van der Waals surface area contributed by atoms with Crippen molar-refractivity contribution in [2.24, 2.45) is 0 Å². The molecular weight excluding hydrogens is 711 g/mol. The van der Waals surface area contributed by atoms with Gasteiger partial charge < -0.3 is 14.5 Å². The third kappa shape index (κ3) is 6.80. The number of rotatable bonds is 3. The molecule has 4 aromatic carbocycles. The Labute approximate surface area is 275 Å². The van der Waals surface area contributed by atoms with Crippen LogP contribution in [-0.2, 0) is 30.3 Å². The Bertz CT molecular complexity index is 2200. The number of aliphatic hydroxyl groups is 1. The number of hydrogen-bond acceptors (Lipinski definition) is 4. The number of aryl methyl sites for hydroxylation is 2. The van der Waals surface area contributed by atoms with Gasteiger partial charge in [-0.25, -0.2) is 0 Å². The van der Waals surface area contributed by atoms with Gasteiger partial charge >= 0.3 is 0 Å². The van der Waals surface area contributed by atoms with Crippen molar-refractivity contribution in [1.29, 1.82) is 0 Å². The average Bonchev–Trinajstić information content (AvgIpc) is 3.37. The predicted molar refractivity (Wildman–Crippen MR) is 174 cm³/mol. The minimum Gasteiger partial charge on any atom is -0.512 e. The summed E-state index contributed by atoms with van der Waals surface area (Å²) in [5.74, 6) is -0.0625. The van der Waals surface area contributed by atoms with Crippen LogP contribution in [0, 0.1) is 19.8 Å². The van der Waals surface area contributed by atoms with Crippen molar-refractivity contribution < 1.29 is 42.6 Å². The molecule has 2 heterocycles. The molecule has 0 unspecified atom stereocenters. The van der Waals surface area contributed by atoms with Gasteiger partial charge in [-0.2, -0.15) is 0 Å². The van der Waals surface area contributed by atoms with Gasteiger partial charge in [0, 0.05) is 46.0 Å². The van der Waals surface area contributed by atoms with E-state index in [1.165, 1.54) is 26.1 Å². The number of carbonyl (C=O) groups excluding carboxylic acids is 1. The van der Waals surface area contributed by atoms with Gasteiger partial charge in [0.25, 0.3) is 0 Å². The summed E-state index contributed by atoms with van der Waals surface area (Å²) in [6.45, 7) is 4.16. The fourth-order valence-corrected chi connectivity index (χ4v) is 4.98. The first-order valence-electron chi connectivity index (χ1n) is 16.6. The van der Waals surface area contributed by atoms with Gasteiger partial charge in [0.05, 0.1) is 11.3 Å². The summed E-state index contributed by atoms with van der Waals surface area (Å²) in [5.41, 5.74) is 3.99. The Hall–Kier alpha value is -4.05. The number of fused-ring (bicyclic) bond motifs is 4. The molecule has 0 aliphatic rings. The van der Waals surface area contributed by atoms with E-state index in [0.29, 0.717) is 28.0 Å². The molecule has 221 valence electrons. The number of hydrogen-bond donors (Lipinski definition) is 1. The summed E-state index contributed by atoms with van der Waals surface area (Å²) in [4.78, 5) is 14.5. The summed E-state index contributed by atoms with van der Waals surface area (Å²) < 4.78 is 56.1. The second-order valence-electron chi connectivity index (χ2n) is 11.4. The summed E-state index contributed by atoms with van der Waals surface area (Å²) in [6.07, 6.45) is 2.49. The SMILES string of the molecule is CC(=O)/C=C(/C)O.[2H]C([2H])([2H])c1cnc(-c2[c-]ccc3c2oc2ccccc23)cc1-c1cc2ccc(C(C)(C)C)cc2cc1C([2H])([2H])[2H].[Ir]. The molecule has 0 amide bonds. The number of ketones is 1. The Morgan fingerprint density at radius 1 is 0.930 bits per heavy atom. The Morgan fingerprint density at radius 2 is 1.67 bits per heavy atom. The molecule has 0 aliphatic heterocycles. The number of allylic oxidation sites excluding steroid dienone is 2. The third-order valence-electron chi connectivity index (χ3n) is 7.04. The molecule has 6 rings (SSSR count). The molecule has 0 spiro atoms. The van der Waals surface area contributed by atoms with E-state index < -0.39 is 13.7 Å². The number of pyridine rings is 1. The molecule has 5 heteroatoms. The largest absolute Gasteiger partial charge is 0.512 e. The van der Waals surface area contributed by atoms with Crippen LogP contribution in [0.25, 0.3) is 55.1 Å². The molecule has 4 nitrogen and oxygen atoms in total. The molecule has 0 saturated heterocycles. The number of nitrogens with zero attached hydrogens (tertiary/aromatic N) is 1. The monoisotopic (exact) mass is 753 g/mol. The van der Waals surface area contributed by atoms with Crippen molar-refractivity contribution in [3.63, 3.8) is 0 Å². The minimum atomic E-state index is -2.52. The van der Waals surface area contributed by atoms with Crippen molar-refractivity contribution in [3.8, 4) is 22.4 Å². The standard InChI is InChI=1S/C33H28NO.C5H8O2.Ir/c1-20-15-23-16-24(33(3,4)5)14-13-22(23)17-28(20)29-18-30(34-19-21(29)2)27-11-8-10-26-25-9-6-7-12-31(25)35-32(26)27;1-4(6)3-5(2)7;/h6-10,12-19H,1-5H3;3,6H,1-2H3;/q-1;;/b;4-3-;/i1D3,2D3;;. The molecule has 0 fully saturated rings. The molecule has 1 N–H and O–H groups in total. The molecule has 0 aliphatic carbocycles. The van der Waals surface area contributed by atoms with Crippen LogP contribution < -0.4 is 0 Å². The zero-order valence-electron chi connectivity index (χ0n) is 30.6. The van der Waals surface area contributed by atoms with Crippen molar-refractivity contribution in [1.82, 2.24) is 4.98 Å². The number of aromatic nitrogens is 1. The van der Waals surface area contributed by atoms with Crippen LogP contribution in [0.3, 0.4) is 0 Å². The van der Waals surface area contributed by atoms with E-state index in [-0.39, 0.29) is 48.2 Å². The normalized spacial score (nSPS) is 14.4. The van der Waals surface area contributed by atoms with Crippen molar-refractivity contribution in [2.75, 3.05) is 0 Å². The second kappa shape index (κ2) is 12.7. The van der Waals surface area contributed by atoms with E-state index in [1.54, 1.807) is 24.3 Å². The van der Waals surface area contributed by atoms with E-state index in [0.717, 1.165) is 32.7 Å². The molecular formula is C38H36IrNO3-. The second-order valence-corrected chi connectivity index (χ2v) is 11.4. The van der Waals surface area contributed by atoms with Crippen LogP contribution in [0.2, 0.25) is 0 Å². The van der Waals surface area contributed by atoms with E-state index in [4.69, 9.17) is 17.7 Å². The molecule has 6 aromatic rings. The molecule has 43 heavy (non-hydrogen) atoms. The first kappa shape index (κ1) is 24.4. The van der Waals surface area contributed by atoms with Crippen molar-refractivity contribution in [3.05, 3.63) is 114 Å². The van der Waals surface area contributed by atoms with Crippen LogP contribution in [0.15, 0.2) is 95.2 Å². The number of aliphatic hydroxyl groups excluding tert-OH is 1. The van der Waals surface area contributed by atoms with Crippen LogP contribution in [0.4, 0.5) is 0 Å². The smallest absolute Gasteiger partial charge is 0.155 e. The van der Waals surface area contributed by atoms with Crippen molar-refractivity contribution in [2.45, 2.75) is 53.7 Å². The average molecular weight is 753 g/mol. The maximum atomic E-state index is 10.0. The number of benzene rings is 4. The van der Waals surface area contributed by atoms with Gasteiger partial charge in [0.15, 0.2) is 5.78 Å². The van der Waals surface area contributed by atoms with Gasteiger partial charge in [-0.1, -0.05) is 80.3 Å². The molecule has 1 radical (unpaired) electrons. The van der Waals surface area contributed by atoms with Gasteiger partial charge in [-0.15, -0.1) is 18.2 Å². The summed E-state index contributed by atoms with van der Waals surface area (Å²) in [5, 5.41) is 11.8. The fraction of sp³-hybridized carbons (Fsp3) is 0.211. The van der Waals surface area contributed by atoms with E-state index >= 15 is 0 Å². The van der Waals surface area contributed by atoms with Gasteiger partial charge in [-0.05, 0) is 89.4 Å². The van der Waals surface area contributed by atoms with Crippen LogP contribution in [-0.4, -0.2) is 15.9 Å². The van der Waals surface area contributed by atoms with Crippen LogP contribution in [0.1, 0.15) is 59.5 Å². The zero-order chi connectivity index (χ0) is 35.2. The van der Waals surface area contributed by atoms with Crippen LogP contribution in [0.5, 0.6) is 0 Å². The van der Waals surface area contributed by atoms with E-state index in [1.807, 2.05) is 48.5 Å². The quantitative estimate of drug-likeness (QED) is 0.111. The molecule has 0 atom stereocenters. The molecule has 0 bridgehead atoms. The van der Waals surface area contributed by atoms with E-state index in [9.17, 15) is 4.79 Å². The number of carbonyl (C=O) groups is 1. The fourth-order valence-electron chi connectivity index (χ4n) is 4.98. The Balaban J connectivity index is 0.000000613. The summed E-state index contributed by atoms with van der Waals surface area (Å²) >= 11 is 0. The summed E-state index contributed by atoms with van der Waals surface area (Å²) in [7, 11) is 0. The summed E-state index contributed by atoms with van der Waals surface area (Å²) in [6, 6.07) is 25.7. The van der Waals surface area contributed by atoms with Gasteiger partial charge in [-0.3, -0.25) is 4.79 Å². The Kier molecular flexibility index (Phi) is 7.19. The van der Waals surface area contributed by atoms with Crippen molar-refractivity contribution >= 4 is 38.5 Å². The Morgan fingerprint density at radius 3 is 2.35 bits per heavy atom. The molecule has 0 saturated carbocycles. The maximum Gasteiger partial charge on any atom is 0.155 e. The topological polar surface area (TPSA) is 63.3 Å². The predicted octanol–water partition coefficient (Wildman–Crippen LogP) is 10.2. The number of para-hydroxylation sites is 1. The van der Waals surface area contributed by atoms with Gasteiger partial charge in [0.2, 0.25) is 0 Å². The molecule has 2 aromatic heterocycles. The number of furan rings is 1.